The van der Waals surface area contributed by atoms with Gasteiger partial charge in [0, 0.05) is 12.3 Å². The predicted octanol–water partition coefficient (Wildman–Crippen LogP) is 3.62. The summed E-state index contributed by atoms with van der Waals surface area (Å²) in [5.74, 6) is 2.09. The molecule has 1 aliphatic rings. The highest BCUT2D eigenvalue weighted by Gasteiger charge is 2.14. The summed E-state index contributed by atoms with van der Waals surface area (Å²) in [5.41, 5.74) is 3.62. The number of aromatic nitrogens is 3. The second kappa shape index (κ2) is 6.17. The maximum absolute atomic E-state index is 12.3. The number of H-pyrrole nitrogens is 1. The van der Waals surface area contributed by atoms with Crippen molar-refractivity contribution in [3.63, 3.8) is 0 Å². The lowest BCUT2D eigenvalue weighted by Crippen LogP contribution is -2.14. The van der Waals surface area contributed by atoms with Crippen LogP contribution in [0.5, 0.6) is 11.5 Å². The number of nitrogens with one attached hydrogen (secondary N) is 1. The molecule has 0 fully saturated rings. The largest absolute Gasteiger partial charge is 0.454 e. The summed E-state index contributed by atoms with van der Waals surface area (Å²) in [6.07, 6.45) is 1.66. The second-order valence-electron chi connectivity index (χ2n) is 6.18. The summed E-state index contributed by atoms with van der Waals surface area (Å²) in [5, 5.41) is 3.11. The first-order chi connectivity index (χ1) is 13.3. The molecule has 5 rings (SSSR count). The van der Waals surface area contributed by atoms with Crippen LogP contribution in [-0.4, -0.2) is 21.6 Å². The van der Waals surface area contributed by atoms with Crippen molar-refractivity contribution < 1.29 is 9.47 Å². The highest BCUT2D eigenvalue weighted by molar-refractivity contribution is 5.71. The molecule has 3 heterocycles. The van der Waals surface area contributed by atoms with Crippen LogP contribution in [-0.2, 0) is 0 Å². The summed E-state index contributed by atoms with van der Waals surface area (Å²) in [4.78, 5) is 16.5. The Hall–Kier alpha value is -3.80. The van der Waals surface area contributed by atoms with E-state index in [0.29, 0.717) is 5.82 Å². The van der Waals surface area contributed by atoms with Gasteiger partial charge in [-0.1, -0.05) is 36.4 Å². The van der Waals surface area contributed by atoms with Crippen molar-refractivity contribution >= 4 is 0 Å². The zero-order valence-electron chi connectivity index (χ0n) is 14.3. The summed E-state index contributed by atoms with van der Waals surface area (Å²) in [6, 6.07) is 20.9. The fourth-order valence-electron chi connectivity index (χ4n) is 3.12. The molecule has 0 amide bonds. The minimum Gasteiger partial charge on any atom is -0.454 e. The molecule has 0 saturated carbocycles. The number of ether oxygens (including phenoxy) is 2. The first-order valence-electron chi connectivity index (χ1n) is 8.52. The van der Waals surface area contributed by atoms with Gasteiger partial charge in [-0.05, 0) is 41.0 Å². The first kappa shape index (κ1) is 15.5. The van der Waals surface area contributed by atoms with Crippen LogP contribution in [0.1, 0.15) is 0 Å². The smallest absolute Gasteiger partial charge is 0.273 e. The average Bonchev–Trinajstić information content (AvgIpc) is 3.34. The van der Waals surface area contributed by atoms with E-state index in [2.05, 4.69) is 10.1 Å². The maximum Gasteiger partial charge on any atom is 0.273 e. The third kappa shape index (κ3) is 2.77. The molecule has 2 aromatic heterocycles. The van der Waals surface area contributed by atoms with Crippen molar-refractivity contribution in [1.82, 2.24) is 14.8 Å². The topological polar surface area (TPSA) is 69.1 Å². The Morgan fingerprint density at radius 3 is 2.44 bits per heavy atom. The molecule has 0 spiro atoms. The minimum atomic E-state index is -0.149. The van der Waals surface area contributed by atoms with Crippen LogP contribution in [0.2, 0.25) is 0 Å². The first-order valence-corrected chi connectivity index (χ1v) is 8.52. The lowest BCUT2D eigenvalue weighted by molar-refractivity contribution is 0.174. The average molecular weight is 357 g/mol. The molecule has 2 aromatic carbocycles. The number of hydrogen-bond donors (Lipinski definition) is 1. The van der Waals surface area contributed by atoms with E-state index in [1.807, 2.05) is 54.6 Å². The Kier molecular flexibility index (Phi) is 3.53. The molecule has 0 unspecified atom stereocenters. The molecular weight excluding hydrogens is 342 g/mol. The van der Waals surface area contributed by atoms with Gasteiger partial charge in [-0.3, -0.25) is 9.89 Å². The van der Waals surface area contributed by atoms with Crippen LogP contribution in [0.15, 0.2) is 77.7 Å². The van der Waals surface area contributed by atoms with E-state index in [1.165, 1.54) is 4.68 Å². The van der Waals surface area contributed by atoms with Crippen molar-refractivity contribution in [1.29, 1.82) is 0 Å². The van der Waals surface area contributed by atoms with Gasteiger partial charge >= 0.3 is 0 Å². The number of pyridine rings is 1. The number of aromatic amines is 1. The normalized spacial score (nSPS) is 12.3. The fraction of sp³-hybridized carbons (Fsp3) is 0.0476. The number of benzene rings is 2. The van der Waals surface area contributed by atoms with Crippen molar-refractivity contribution in [2.24, 2.45) is 0 Å². The van der Waals surface area contributed by atoms with Gasteiger partial charge in [0.05, 0.1) is 5.69 Å². The van der Waals surface area contributed by atoms with Crippen LogP contribution in [0.4, 0.5) is 0 Å². The van der Waals surface area contributed by atoms with Crippen molar-refractivity contribution in [3.05, 3.63) is 83.3 Å². The van der Waals surface area contributed by atoms with E-state index < -0.39 is 0 Å². The summed E-state index contributed by atoms with van der Waals surface area (Å²) in [7, 11) is 0. The number of hydrogen-bond acceptors (Lipinski definition) is 4. The van der Waals surface area contributed by atoms with Gasteiger partial charge < -0.3 is 9.47 Å². The standard InChI is InChI=1S/C21H15N3O3/c25-21-12-17(23-24(21)20-3-1-2-10-22-20)15-6-4-14(5-7-15)16-8-9-18-19(11-16)27-13-26-18/h1-12,23H,13H2. The number of rotatable bonds is 3. The molecule has 6 heteroatoms. The van der Waals surface area contributed by atoms with Gasteiger partial charge in [0.25, 0.3) is 5.56 Å². The van der Waals surface area contributed by atoms with Gasteiger partial charge in [0.15, 0.2) is 17.3 Å². The van der Waals surface area contributed by atoms with Crippen molar-refractivity contribution in [2.45, 2.75) is 0 Å². The van der Waals surface area contributed by atoms with Gasteiger partial charge in [-0.2, -0.15) is 0 Å². The van der Waals surface area contributed by atoms with Crippen molar-refractivity contribution in [3.8, 4) is 39.7 Å². The van der Waals surface area contributed by atoms with E-state index in [1.54, 1.807) is 18.3 Å². The van der Waals surface area contributed by atoms with E-state index in [0.717, 1.165) is 33.9 Å². The Morgan fingerprint density at radius 1 is 0.852 bits per heavy atom. The van der Waals surface area contributed by atoms with Gasteiger partial charge in [0.1, 0.15) is 0 Å². The Labute approximate surface area is 154 Å². The zero-order chi connectivity index (χ0) is 18.2. The zero-order valence-corrected chi connectivity index (χ0v) is 14.3. The Morgan fingerprint density at radius 2 is 1.63 bits per heavy atom. The highest BCUT2D eigenvalue weighted by Crippen LogP contribution is 2.36. The Balaban J connectivity index is 1.47. The molecule has 0 aliphatic carbocycles. The van der Waals surface area contributed by atoms with Crippen molar-refractivity contribution in [2.75, 3.05) is 6.79 Å². The van der Waals surface area contributed by atoms with E-state index >= 15 is 0 Å². The minimum absolute atomic E-state index is 0.149. The van der Waals surface area contributed by atoms with Crippen LogP contribution in [0.3, 0.4) is 0 Å². The molecular formula is C21H15N3O3. The summed E-state index contributed by atoms with van der Waals surface area (Å²) >= 11 is 0. The van der Waals surface area contributed by atoms with Crippen LogP contribution in [0.25, 0.3) is 28.2 Å². The van der Waals surface area contributed by atoms with E-state index in [9.17, 15) is 4.79 Å². The highest BCUT2D eigenvalue weighted by atomic mass is 16.7. The molecule has 0 bridgehead atoms. The molecule has 0 radical (unpaired) electrons. The van der Waals surface area contributed by atoms with Gasteiger partial charge in [-0.15, -0.1) is 0 Å². The molecule has 27 heavy (non-hydrogen) atoms. The van der Waals surface area contributed by atoms with Gasteiger partial charge in [-0.25, -0.2) is 9.67 Å². The van der Waals surface area contributed by atoms with E-state index in [-0.39, 0.29) is 12.4 Å². The number of nitrogens with zero attached hydrogens (tertiary/aromatic N) is 2. The quantitative estimate of drug-likeness (QED) is 0.608. The monoisotopic (exact) mass is 357 g/mol. The Bertz CT molecular complexity index is 1160. The third-order valence-corrected chi connectivity index (χ3v) is 4.50. The molecule has 0 atom stereocenters. The maximum atomic E-state index is 12.3. The number of fused-ring (bicyclic) bond motifs is 1. The van der Waals surface area contributed by atoms with Crippen LogP contribution >= 0.6 is 0 Å². The SMILES string of the molecule is O=c1cc(-c2ccc(-c3ccc4c(c3)OCO4)cc2)[nH]n1-c1ccccn1. The van der Waals surface area contributed by atoms with E-state index in [4.69, 9.17) is 9.47 Å². The second-order valence-corrected chi connectivity index (χ2v) is 6.18. The summed E-state index contributed by atoms with van der Waals surface area (Å²) in [6.45, 7) is 0.262. The lowest BCUT2D eigenvalue weighted by Gasteiger charge is -2.05. The summed E-state index contributed by atoms with van der Waals surface area (Å²) < 4.78 is 12.2. The fourth-order valence-corrected chi connectivity index (χ4v) is 3.12. The molecule has 6 nitrogen and oxygen atoms in total. The molecule has 132 valence electrons. The predicted molar refractivity (Wildman–Crippen MR) is 101 cm³/mol. The lowest BCUT2D eigenvalue weighted by atomic mass is 10.0. The van der Waals surface area contributed by atoms with Gasteiger partial charge in [0.2, 0.25) is 6.79 Å². The molecule has 4 aromatic rings. The molecule has 1 aliphatic heterocycles. The van der Waals surface area contributed by atoms with Crippen LogP contribution < -0.4 is 15.0 Å². The third-order valence-electron chi connectivity index (χ3n) is 4.50. The molecule has 0 saturated heterocycles. The molecule has 1 N–H and O–H groups in total. The van der Waals surface area contributed by atoms with Crippen LogP contribution in [0, 0.1) is 0 Å².